The monoisotopic (exact) mass is 380 g/mol. The van der Waals surface area contributed by atoms with E-state index in [0.717, 1.165) is 17.7 Å². The van der Waals surface area contributed by atoms with E-state index in [1.165, 1.54) is 18.3 Å². The molecule has 0 fully saturated rings. The van der Waals surface area contributed by atoms with Crippen LogP contribution in [0.2, 0.25) is 0 Å². The number of amides is 1. The second-order valence-electron chi connectivity index (χ2n) is 6.07. The molecular formula is C20H14F2N4O2. The number of nitrogens with one attached hydrogen (secondary N) is 1. The number of aromatic nitrogens is 3. The lowest BCUT2D eigenvalue weighted by molar-refractivity contribution is 0.101. The van der Waals surface area contributed by atoms with Crippen molar-refractivity contribution in [1.82, 2.24) is 14.9 Å². The molecule has 28 heavy (non-hydrogen) atoms. The number of halogens is 2. The van der Waals surface area contributed by atoms with Gasteiger partial charge in [-0.3, -0.25) is 9.48 Å². The lowest BCUT2D eigenvalue weighted by Crippen LogP contribution is -2.11. The van der Waals surface area contributed by atoms with E-state index in [4.69, 9.17) is 4.52 Å². The quantitative estimate of drug-likeness (QED) is 0.565. The van der Waals surface area contributed by atoms with Crippen molar-refractivity contribution < 1.29 is 18.1 Å². The zero-order valence-corrected chi connectivity index (χ0v) is 14.5. The van der Waals surface area contributed by atoms with Crippen molar-refractivity contribution in [3.05, 3.63) is 89.9 Å². The Morgan fingerprint density at radius 3 is 2.71 bits per heavy atom. The van der Waals surface area contributed by atoms with Crippen LogP contribution < -0.4 is 5.32 Å². The van der Waals surface area contributed by atoms with E-state index >= 15 is 0 Å². The lowest BCUT2D eigenvalue weighted by Gasteiger charge is -2.01. The highest BCUT2D eigenvalue weighted by molar-refractivity contribution is 6.03. The summed E-state index contributed by atoms with van der Waals surface area (Å²) in [6, 6.07) is 14.1. The maximum Gasteiger partial charge on any atom is 0.277 e. The summed E-state index contributed by atoms with van der Waals surface area (Å²) in [6.45, 7) is 0.564. The Kier molecular flexibility index (Phi) is 4.67. The summed E-state index contributed by atoms with van der Waals surface area (Å²) in [6.07, 6.45) is 3.20. The third-order valence-electron chi connectivity index (χ3n) is 4.02. The number of carbonyl (C=O) groups excluding carboxylic acids is 1. The molecule has 1 N–H and O–H groups in total. The molecule has 1 amide bonds. The molecule has 4 aromatic rings. The summed E-state index contributed by atoms with van der Waals surface area (Å²) in [4.78, 5) is 12.3. The molecule has 8 heteroatoms. The highest BCUT2D eigenvalue weighted by Gasteiger charge is 2.17. The first-order valence-corrected chi connectivity index (χ1v) is 8.38. The number of hydrogen-bond acceptors (Lipinski definition) is 4. The molecule has 0 aliphatic carbocycles. The topological polar surface area (TPSA) is 73.0 Å². The van der Waals surface area contributed by atoms with E-state index in [1.807, 2.05) is 30.3 Å². The van der Waals surface area contributed by atoms with Crippen LogP contribution in [0.25, 0.3) is 11.3 Å². The van der Waals surface area contributed by atoms with Crippen LogP contribution >= 0.6 is 0 Å². The molecule has 4 rings (SSSR count). The Morgan fingerprint density at radius 2 is 1.93 bits per heavy atom. The van der Waals surface area contributed by atoms with Gasteiger partial charge in [-0.25, -0.2) is 8.78 Å². The van der Waals surface area contributed by atoms with E-state index in [-0.39, 0.29) is 17.0 Å². The van der Waals surface area contributed by atoms with E-state index < -0.39 is 17.5 Å². The Labute approximate surface area is 158 Å². The molecule has 0 radical (unpaired) electrons. The summed E-state index contributed by atoms with van der Waals surface area (Å²) in [5.74, 6) is -2.00. The van der Waals surface area contributed by atoms with Crippen molar-refractivity contribution in [2.24, 2.45) is 0 Å². The van der Waals surface area contributed by atoms with Gasteiger partial charge in [-0.1, -0.05) is 35.5 Å². The summed E-state index contributed by atoms with van der Waals surface area (Å²) in [7, 11) is 0. The van der Waals surface area contributed by atoms with Crippen molar-refractivity contribution in [1.29, 1.82) is 0 Å². The predicted molar refractivity (Wildman–Crippen MR) is 97.6 cm³/mol. The van der Waals surface area contributed by atoms with Crippen molar-refractivity contribution >= 4 is 11.6 Å². The van der Waals surface area contributed by atoms with Crippen LogP contribution in [0, 0.1) is 11.6 Å². The molecule has 2 heterocycles. The molecule has 0 aliphatic rings. The maximum absolute atomic E-state index is 13.8. The molecule has 2 aromatic heterocycles. The number of hydrogen-bond donors (Lipinski definition) is 1. The number of anilines is 1. The zero-order valence-electron chi connectivity index (χ0n) is 14.5. The molecule has 0 unspecified atom stereocenters. The van der Waals surface area contributed by atoms with Gasteiger partial charge >= 0.3 is 0 Å². The molecule has 0 atom stereocenters. The first-order valence-electron chi connectivity index (χ1n) is 8.38. The molecule has 140 valence electrons. The maximum atomic E-state index is 13.8. The second kappa shape index (κ2) is 7.43. The van der Waals surface area contributed by atoms with Gasteiger partial charge in [0.2, 0.25) is 0 Å². The summed E-state index contributed by atoms with van der Waals surface area (Å²) in [5.41, 5.74) is 1.54. The fourth-order valence-electron chi connectivity index (χ4n) is 2.68. The summed E-state index contributed by atoms with van der Waals surface area (Å²) >= 11 is 0. The van der Waals surface area contributed by atoms with Crippen LogP contribution in [0.15, 0.2) is 71.5 Å². The van der Waals surface area contributed by atoms with E-state index in [1.54, 1.807) is 10.9 Å². The van der Waals surface area contributed by atoms with E-state index in [2.05, 4.69) is 15.6 Å². The van der Waals surface area contributed by atoms with Crippen LogP contribution in [-0.2, 0) is 6.54 Å². The van der Waals surface area contributed by atoms with Gasteiger partial charge in [0.25, 0.3) is 5.91 Å². The minimum absolute atomic E-state index is 0.0173. The first kappa shape index (κ1) is 17.6. The van der Waals surface area contributed by atoms with Crippen LogP contribution in [0.5, 0.6) is 0 Å². The standard InChI is InChI=1S/C20H14F2N4O2/c21-14-6-7-16(17(22)8-14)19-9-18(25-28-19)20(27)24-15-10-23-26(12-15)11-13-4-2-1-3-5-13/h1-10,12H,11H2,(H,24,27). The minimum atomic E-state index is -0.801. The summed E-state index contributed by atoms with van der Waals surface area (Å²) in [5, 5.41) is 10.5. The van der Waals surface area contributed by atoms with Gasteiger partial charge in [-0.05, 0) is 17.7 Å². The number of rotatable bonds is 5. The van der Waals surface area contributed by atoms with Gasteiger partial charge in [0.05, 0.1) is 24.0 Å². The average molecular weight is 380 g/mol. The third-order valence-corrected chi connectivity index (χ3v) is 4.02. The number of benzene rings is 2. The van der Waals surface area contributed by atoms with Gasteiger partial charge in [0.15, 0.2) is 11.5 Å². The Bertz CT molecular complexity index is 1120. The van der Waals surface area contributed by atoms with E-state index in [9.17, 15) is 13.6 Å². The van der Waals surface area contributed by atoms with Crippen LogP contribution in [0.4, 0.5) is 14.5 Å². The Hall–Kier alpha value is -3.81. The largest absolute Gasteiger partial charge is 0.355 e. The smallest absolute Gasteiger partial charge is 0.277 e. The van der Waals surface area contributed by atoms with Gasteiger partial charge in [0.1, 0.15) is 11.6 Å². The molecule has 2 aromatic carbocycles. The van der Waals surface area contributed by atoms with Crippen molar-refractivity contribution in [2.75, 3.05) is 5.32 Å². The van der Waals surface area contributed by atoms with Gasteiger partial charge in [0, 0.05) is 18.3 Å². The van der Waals surface area contributed by atoms with Gasteiger partial charge in [-0.15, -0.1) is 0 Å². The summed E-state index contributed by atoms with van der Waals surface area (Å²) < 4.78 is 33.6. The predicted octanol–water partition coefficient (Wildman–Crippen LogP) is 4.12. The second-order valence-corrected chi connectivity index (χ2v) is 6.07. The van der Waals surface area contributed by atoms with Crippen LogP contribution in [0.3, 0.4) is 0 Å². The molecular weight excluding hydrogens is 366 g/mol. The van der Waals surface area contributed by atoms with Crippen molar-refractivity contribution in [3.63, 3.8) is 0 Å². The first-order chi connectivity index (χ1) is 13.6. The Balaban J connectivity index is 1.45. The van der Waals surface area contributed by atoms with Crippen LogP contribution in [-0.4, -0.2) is 20.8 Å². The average Bonchev–Trinajstić information content (AvgIpc) is 3.32. The fraction of sp³-hybridized carbons (Fsp3) is 0.0500. The molecule has 0 spiro atoms. The van der Waals surface area contributed by atoms with Crippen molar-refractivity contribution in [3.8, 4) is 11.3 Å². The minimum Gasteiger partial charge on any atom is -0.355 e. The molecule has 0 bridgehead atoms. The van der Waals surface area contributed by atoms with Gasteiger partial charge in [-0.2, -0.15) is 5.10 Å². The van der Waals surface area contributed by atoms with Crippen LogP contribution in [0.1, 0.15) is 16.1 Å². The lowest BCUT2D eigenvalue weighted by atomic mass is 10.1. The highest BCUT2D eigenvalue weighted by Crippen LogP contribution is 2.24. The molecule has 0 saturated carbocycles. The molecule has 0 aliphatic heterocycles. The van der Waals surface area contributed by atoms with E-state index in [0.29, 0.717) is 12.2 Å². The number of carbonyl (C=O) groups is 1. The molecule has 6 nitrogen and oxygen atoms in total. The normalized spacial score (nSPS) is 10.8. The number of nitrogens with zero attached hydrogens (tertiary/aromatic N) is 3. The fourth-order valence-corrected chi connectivity index (χ4v) is 2.68. The SMILES string of the molecule is O=C(Nc1cnn(Cc2ccccc2)c1)c1cc(-c2ccc(F)cc2F)on1. The highest BCUT2D eigenvalue weighted by atomic mass is 19.1. The van der Waals surface area contributed by atoms with Crippen molar-refractivity contribution in [2.45, 2.75) is 6.54 Å². The van der Waals surface area contributed by atoms with Gasteiger partial charge < -0.3 is 9.84 Å². The Morgan fingerprint density at radius 1 is 1.11 bits per heavy atom. The molecule has 0 saturated heterocycles. The third kappa shape index (κ3) is 3.80. The zero-order chi connectivity index (χ0) is 19.5.